The first-order chi connectivity index (χ1) is 9.13. The molecule has 0 bridgehead atoms. The Morgan fingerprint density at radius 3 is 2.95 bits per heavy atom. The van der Waals surface area contributed by atoms with Crippen molar-refractivity contribution in [1.82, 2.24) is 15.2 Å². The van der Waals surface area contributed by atoms with Crippen LogP contribution in [0.3, 0.4) is 0 Å². The van der Waals surface area contributed by atoms with Crippen molar-refractivity contribution in [3.05, 3.63) is 40.1 Å². The number of halogens is 2. The Balaban J connectivity index is 1.74. The van der Waals surface area contributed by atoms with Gasteiger partial charge >= 0.3 is 0 Å². The smallest absolute Gasteiger partial charge is 0.295 e. The Kier molecular flexibility index (Phi) is 3.06. The maximum atomic E-state index is 13.1. The molecule has 0 atom stereocenters. The van der Waals surface area contributed by atoms with Crippen molar-refractivity contribution in [3.63, 3.8) is 0 Å². The van der Waals surface area contributed by atoms with E-state index in [1.807, 2.05) is 0 Å². The van der Waals surface area contributed by atoms with Crippen LogP contribution < -0.4 is 5.32 Å². The van der Waals surface area contributed by atoms with Gasteiger partial charge in [-0.1, -0.05) is 0 Å². The number of nitrogens with one attached hydrogen (secondary N) is 2. The second kappa shape index (κ2) is 4.73. The molecule has 0 aliphatic heterocycles. The van der Waals surface area contributed by atoms with Crippen LogP contribution in [0.1, 0.15) is 35.2 Å². The van der Waals surface area contributed by atoms with Crippen molar-refractivity contribution in [2.45, 2.75) is 18.8 Å². The molecule has 0 unspecified atom stereocenters. The van der Waals surface area contributed by atoms with E-state index in [-0.39, 0.29) is 11.6 Å². The highest BCUT2D eigenvalue weighted by Gasteiger charge is 2.28. The van der Waals surface area contributed by atoms with E-state index in [0.29, 0.717) is 16.1 Å². The van der Waals surface area contributed by atoms with Crippen LogP contribution in [-0.4, -0.2) is 21.1 Å². The van der Waals surface area contributed by atoms with E-state index in [1.54, 1.807) is 0 Å². The van der Waals surface area contributed by atoms with Crippen molar-refractivity contribution >= 4 is 27.5 Å². The van der Waals surface area contributed by atoms with E-state index in [4.69, 9.17) is 0 Å². The molecule has 1 aromatic carbocycles. The number of anilines is 1. The number of aromatic amines is 1. The topological polar surface area (TPSA) is 70.7 Å². The summed E-state index contributed by atoms with van der Waals surface area (Å²) in [4.78, 5) is 16.0. The van der Waals surface area contributed by atoms with Crippen LogP contribution in [0.25, 0.3) is 0 Å². The summed E-state index contributed by atoms with van der Waals surface area (Å²) in [6, 6.07) is 4.24. The third-order valence-electron chi connectivity index (χ3n) is 2.85. The molecule has 2 aromatic rings. The molecule has 5 nitrogen and oxygen atoms in total. The number of H-pyrrole nitrogens is 1. The zero-order chi connectivity index (χ0) is 13.4. The first-order valence-corrected chi connectivity index (χ1v) is 6.61. The van der Waals surface area contributed by atoms with Crippen molar-refractivity contribution in [2.24, 2.45) is 0 Å². The number of rotatable bonds is 3. The van der Waals surface area contributed by atoms with Crippen LogP contribution in [0.2, 0.25) is 0 Å². The summed E-state index contributed by atoms with van der Waals surface area (Å²) in [5, 5.41) is 9.26. The molecular formula is C12H10BrFN4O. The summed E-state index contributed by atoms with van der Waals surface area (Å²) in [6.07, 6.45) is 2.17. The van der Waals surface area contributed by atoms with Gasteiger partial charge in [0.25, 0.3) is 5.91 Å². The molecule has 19 heavy (non-hydrogen) atoms. The normalized spacial score (nSPS) is 14.4. The number of amides is 1. The predicted molar refractivity (Wildman–Crippen MR) is 70.4 cm³/mol. The van der Waals surface area contributed by atoms with Crippen LogP contribution in [0, 0.1) is 5.82 Å². The minimum absolute atomic E-state index is 0.0994. The van der Waals surface area contributed by atoms with Crippen LogP contribution in [0.4, 0.5) is 10.1 Å². The number of nitrogens with zero attached hydrogens (tertiary/aromatic N) is 2. The van der Waals surface area contributed by atoms with Crippen molar-refractivity contribution in [2.75, 3.05) is 5.32 Å². The zero-order valence-electron chi connectivity index (χ0n) is 9.78. The Bertz CT molecular complexity index is 638. The van der Waals surface area contributed by atoms with E-state index in [0.717, 1.165) is 18.7 Å². The highest BCUT2D eigenvalue weighted by molar-refractivity contribution is 9.10. The van der Waals surface area contributed by atoms with Gasteiger partial charge < -0.3 is 5.32 Å². The number of benzene rings is 1. The van der Waals surface area contributed by atoms with Gasteiger partial charge in [-0.25, -0.2) is 9.37 Å². The molecule has 0 spiro atoms. The quantitative estimate of drug-likeness (QED) is 0.912. The van der Waals surface area contributed by atoms with Gasteiger partial charge in [0.05, 0.1) is 4.47 Å². The maximum Gasteiger partial charge on any atom is 0.295 e. The highest BCUT2D eigenvalue weighted by atomic mass is 79.9. The second-order valence-electron chi connectivity index (χ2n) is 4.40. The van der Waals surface area contributed by atoms with Gasteiger partial charge in [-0.2, -0.15) is 0 Å². The van der Waals surface area contributed by atoms with Crippen LogP contribution >= 0.6 is 15.9 Å². The maximum absolute atomic E-state index is 13.1. The fraction of sp³-hybridized carbons (Fsp3) is 0.250. The molecule has 1 fully saturated rings. The van der Waals surface area contributed by atoms with E-state index in [9.17, 15) is 9.18 Å². The number of carbonyl (C=O) groups is 1. The first kappa shape index (κ1) is 12.3. The molecule has 2 N–H and O–H groups in total. The van der Waals surface area contributed by atoms with Gasteiger partial charge in [-0.15, -0.1) is 5.10 Å². The van der Waals surface area contributed by atoms with Gasteiger partial charge in [0, 0.05) is 11.6 Å². The van der Waals surface area contributed by atoms with E-state index >= 15 is 0 Å². The lowest BCUT2D eigenvalue weighted by molar-refractivity contribution is 0.101. The molecule has 1 heterocycles. The van der Waals surface area contributed by atoms with Gasteiger partial charge in [-0.05, 0) is 47.0 Å². The Morgan fingerprint density at radius 2 is 2.26 bits per heavy atom. The molecule has 1 aliphatic rings. The molecule has 3 rings (SSSR count). The lowest BCUT2D eigenvalue weighted by atomic mass is 10.3. The molecule has 0 radical (unpaired) electrons. The van der Waals surface area contributed by atoms with Gasteiger partial charge in [0.15, 0.2) is 0 Å². The van der Waals surface area contributed by atoms with Gasteiger partial charge in [0.2, 0.25) is 5.82 Å². The highest BCUT2D eigenvalue weighted by Crippen LogP contribution is 2.37. The van der Waals surface area contributed by atoms with E-state index in [1.165, 1.54) is 18.2 Å². The first-order valence-electron chi connectivity index (χ1n) is 5.82. The summed E-state index contributed by atoms with van der Waals surface area (Å²) in [6.45, 7) is 0. The summed E-state index contributed by atoms with van der Waals surface area (Å²) in [5.41, 5.74) is 0.482. The Morgan fingerprint density at radius 1 is 1.47 bits per heavy atom. The SMILES string of the molecule is O=C(Nc1ccc(F)c(Br)c1)c1n[nH]c(C2CC2)n1. The molecule has 0 saturated heterocycles. The summed E-state index contributed by atoms with van der Waals surface area (Å²) in [7, 11) is 0. The third-order valence-corrected chi connectivity index (χ3v) is 3.46. The van der Waals surface area contributed by atoms with Crippen LogP contribution in [0.5, 0.6) is 0 Å². The van der Waals surface area contributed by atoms with Gasteiger partial charge in [0.1, 0.15) is 11.6 Å². The van der Waals surface area contributed by atoms with E-state index < -0.39 is 5.91 Å². The molecule has 7 heteroatoms. The Labute approximate surface area is 116 Å². The summed E-state index contributed by atoms with van der Waals surface area (Å²) >= 11 is 3.06. The Hall–Kier alpha value is -1.76. The minimum Gasteiger partial charge on any atom is -0.319 e. The zero-order valence-corrected chi connectivity index (χ0v) is 11.4. The lowest BCUT2D eigenvalue weighted by Crippen LogP contribution is -2.13. The number of carbonyl (C=O) groups excluding carboxylic acids is 1. The molecule has 1 aliphatic carbocycles. The molecule has 1 saturated carbocycles. The standard InChI is InChI=1S/C12H10BrFN4O/c13-8-5-7(3-4-9(8)14)15-12(19)11-16-10(17-18-11)6-1-2-6/h3-6H,1-2H2,(H,15,19)(H,16,17,18). The number of aromatic nitrogens is 3. The number of hydrogen-bond acceptors (Lipinski definition) is 3. The monoisotopic (exact) mass is 324 g/mol. The van der Waals surface area contributed by atoms with Crippen molar-refractivity contribution in [3.8, 4) is 0 Å². The fourth-order valence-electron chi connectivity index (χ4n) is 1.68. The van der Waals surface area contributed by atoms with E-state index in [2.05, 4.69) is 36.4 Å². The summed E-state index contributed by atoms with van der Waals surface area (Å²) < 4.78 is 13.4. The number of hydrogen-bond donors (Lipinski definition) is 2. The molecular weight excluding hydrogens is 315 g/mol. The molecule has 1 amide bonds. The van der Waals surface area contributed by atoms with Crippen LogP contribution in [-0.2, 0) is 0 Å². The summed E-state index contributed by atoms with van der Waals surface area (Å²) in [5.74, 6) is 0.468. The largest absolute Gasteiger partial charge is 0.319 e. The molecule has 1 aromatic heterocycles. The average molecular weight is 325 g/mol. The van der Waals surface area contributed by atoms with Crippen molar-refractivity contribution in [1.29, 1.82) is 0 Å². The average Bonchev–Trinajstić information content (AvgIpc) is 3.11. The fourth-order valence-corrected chi connectivity index (χ4v) is 2.05. The van der Waals surface area contributed by atoms with Gasteiger partial charge in [-0.3, -0.25) is 9.89 Å². The van der Waals surface area contributed by atoms with Crippen molar-refractivity contribution < 1.29 is 9.18 Å². The third kappa shape index (κ3) is 2.65. The minimum atomic E-state index is -0.415. The predicted octanol–water partition coefficient (Wildman–Crippen LogP) is 2.84. The molecule has 98 valence electrons. The second-order valence-corrected chi connectivity index (χ2v) is 5.26. The lowest BCUT2D eigenvalue weighted by Gasteiger charge is -2.03. The van der Waals surface area contributed by atoms with Crippen LogP contribution in [0.15, 0.2) is 22.7 Å².